The molecule has 0 bridgehead atoms. The van der Waals surface area contributed by atoms with Gasteiger partial charge in [0.05, 0.1) is 11.1 Å². The van der Waals surface area contributed by atoms with Crippen molar-refractivity contribution in [3.05, 3.63) is 24.3 Å². The summed E-state index contributed by atoms with van der Waals surface area (Å²) in [5, 5.41) is 18.2. The lowest BCUT2D eigenvalue weighted by atomic mass is 9.95. The Bertz CT molecular complexity index is 348. The molecule has 5 heteroatoms. The van der Waals surface area contributed by atoms with Crippen molar-refractivity contribution in [2.45, 2.75) is 24.4 Å². The predicted octanol–water partition coefficient (Wildman–Crippen LogP) is -0.0463. The SMILES string of the molecule is O=C(O)C(O)C1(c2cnccn2)CC1. The summed E-state index contributed by atoms with van der Waals surface area (Å²) in [5.41, 5.74) is -0.130. The van der Waals surface area contributed by atoms with E-state index in [1.54, 1.807) is 0 Å². The molecule has 0 saturated heterocycles. The highest BCUT2D eigenvalue weighted by atomic mass is 16.4. The van der Waals surface area contributed by atoms with Crippen molar-refractivity contribution in [1.82, 2.24) is 9.97 Å². The maximum absolute atomic E-state index is 10.7. The van der Waals surface area contributed by atoms with Crippen molar-refractivity contribution in [1.29, 1.82) is 0 Å². The van der Waals surface area contributed by atoms with Crippen LogP contribution in [-0.2, 0) is 10.2 Å². The number of carboxylic acids is 1. The molecule has 0 aromatic carbocycles. The van der Waals surface area contributed by atoms with Crippen LogP contribution < -0.4 is 0 Å². The molecular weight excluding hydrogens is 184 g/mol. The van der Waals surface area contributed by atoms with Gasteiger partial charge in [0.2, 0.25) is 0 Å². The first-order chi connectivity index (χ1) is 6.67. The van der Waals surface area contributed by atoms with Gasteiger partial charge < -0.3 is 10.2 Å². The van der Waals surface area contributed by atoms with Crippen LogP contribution in [0.4, 0.5) is 0 Å². The standard InChI is InChI=1S/C9H10N2O3/c12-7(8(13)14)9(1-2-9)6-5-10-3-4-11-6/h3-5,7,12H,1-2H2,(H,13,14). The smallest absolute Gasteiger partial charge is 0.333 e. The van der Waals surface area contributed by atoms with Crippen molar-refractivity contribution in [3.63, 3.8) is 0 Å². The van der Waals surface area contributed by atoms with Crippen LogP contribution in [-0.4, -0.2) is 32.3 Å². The van der Waals surface area contributed by atoms with Crippen molar-refractivity contribution >= 4 is 5.97 Å². The fourth-order valence-electron chi connectivity index (χ4n) is 1.60. The van der Waals surface area contributed by atoms with E-state index in [-0.39, 0.29) is 0 Å². The van der Waals surface area contributed by atoms with Gasteiger partial charge in [-0.25, -0.2) is 4.79 Å². The Morgan fingerprint density at radius 1 is 1.50 bits per heavy atom. The Labute approximate surface area is 80.4 Å². The normalized spacial score (nSPS) is 20.1. The second-order valence-electron chi connectivity index (χ2n) is 3.49. The quantitative estimate of drug-likeness (QED) is 0.705. The lowest BCUT2D eigenvalue weighted by Gasteiger charge is -2.16. The van der Waals surface area contributed by atoms with Gasteiger partial charge in [-0.1, -0.05) is 0 Å². The number of hydrogen-bond acceptors (Lipinski definition) is 4. The Morgan fingerprint density at radius 2 is 2.21 bits per heavy atom. The van der Waals surface area contributed by atoms with Crippen LogP contribution in [0.3, 0.4) is 0 Å². The van der Waals surface area contributed by atoms with Gasteiger partial charge in [-0.2, -0.15) is 0 Å². The van der Waals surface area contributed by atoms with E-state index in [0.29, 0.717) is 18.5 Å². The highest BCUT2D eigenvalue weighted by Gasteiger charge is 2.54. The predicted molar refractivity (Wildman–Crippen MR) is 46.6 cm³/mol. The van der Waals surface area contributed by atoms with E-state index in [9.17, 15) is 9.90 Å². The Kier molecular flexibility index (Phi) is 1.96. The molecule has 2 N–H and O–H groups in total. The summed E-state index contributed by atoms with van der Waals surface area (Å²) >= 11 is 0. The van der Waals surface area contributed by atoms with E-state index in [1.807, 2.05) is 0 Å². The average molecular weight is 194 g/mol. The van der Waals surface area contributed by atoms with Gasteiger partial charge in [0.15, 0.2) is 6.10 Å². The van der Waals surface area contributed by atoms with Gasteiger partial charge in [-0.05, 0) is 12.8 Å². The summed E-state index contributed by atoms with van der Waals surface area (Å²) in [6.45, 7) is 0. The maximum atomic E-state index is 10.7. The molecule has 1 aromatic heterocycles. The largest absolute Gasteiger partial charge is 0.479 e. The third kappa shape index (κ3) is 1.26. The molecule has 74 valence electrons. The van der Waals surface area contributed by atoms with Gasteiger partial charge in [0.25, 0.3) is 0 Å². The molecule has 1 aromatic rings. The van der Waals surface area contributed by atoms with Crippen LogP contribution in [0.15, 0.2) is 18.6 Å². The number of carboxylic acid groups (broad SMARTS) is 1. The van der Waals surface area contributed by atoms with Crippen LogP contribution in [0, 0.1) is 0 Å². The second kappa shape index (κ2) is 3.02. The zero-order valence-corrected chi connectivity index (χ0v) is 7.42. The first-order valence-corrected chi connectivity index (χ1v) is 4.34. The minimum Gasteiger partial charge on any atom is -0.479 e. The Morgan fingerprint density at radius 3 is 2.64 bits per heavy atom. The molecule has 14 heavy (non-hydrogen) atoms. The summed E-state index contributed by atoms with van der Waals surface area (Å²) in [6.07, 6.45) is 4.47. The topological polar surface area (TPSA) is 83.3 Å². The first kappa shape index (κ1) is 9.08. The van der Waals surface area contributed by atoms with Gasteiger partial charge in [0, 0.05) is 18.6 Å². The van der Waals surface area contributed by atoms with Crippen molar-refractivity contribution in [3.8, 4) is 0 Å². The number of rotatable bonds is 3. The van der Waals surface area contributed by atoms with Gasteiger partial charge in [-0.15, -0.1) is 0 Å². The summed E-state index contributed by atoms with van der Waals surface area (Å²) in [6, 6.07) is 0. The number of aromatic nitrogens is 2. The summed E-state index contributed by atoms with van der Waals surface area (Å²) in [7, 11) is 0. The summed E-state index contributed by atoms with van der Waals surface area (Å²) < 4.78 is 0. The number of aliphatic hydroxyl groups is 1. The van der Waals surface area contributed by atoms with Crippen molar-refractivity contribution in [2.75, 3.05) is 0 Å². The van der Waals surface area contributed by atoms with Gasteiger partial charge >= 0.3 is 5.97 Å². The van der Waals surface area contributed by atoms with E-state index < -0.39 is 17.5 Å². The molecule has 0 radical (unpaired) electrons. The summed E-state index contributed by atoms with van der Waals surface area (Å²) in [5.74, 6) is -1.20. The maximum Gasteiger partial charge on any atom is 0.333 e. The molecule has 1 aliphatic rings. The molecule has 0 amide bonds. The van der Waals surface area contributed by atoms with Crippen molar-refractivity contribution < 1.29 is 15.0 Å². The molecule has 1 atom stereocenters. The molecule has 0 aliphatic heterocycles. The van der Waals surface area contributed by atoms with Crippen LogP contribution in [0.1, 0.15) is 18.5 Å². The molecule has 5 nitrogen and oxygen atoms in total. The van der Waals surface area contributed by atoms with Crippen molar-refractivity contribution in [2.24, 2.45) is 0 Å². The molecule has 1 unspecified atom stereocenters. The zero-order valence-electron chi connectivity index (χ0n) is 7.42. The molecule has 1 heterocycles. The molecule has 1 aliphatic carbocycles. The van der Waals surface area contributed by atoms with E-state index in [4.69, 9.17) is 5.11 Å². The van der Waals surface area contributed by atoms with Crippen LogP contribution in [0.5, 0.6) is 0 Å². The van der Waals surface area contributed by atoms with E-state index >= 15 is 0 Å². The highest BCUT2D eigenvalue weighted by Crippen LogP contribution is 2.49. The first-order valence-electron chi connectivity index (χ1n) is 4.34. The third-order valence-electron chi connectivity index (χ3n) is 2.62. The zero-order chi connectivity index (χ0) is 10.2. The third-order valence-corrected chi connectivity index (χ3v) is 2.62. The minimum atomic E-state index is -1.38. The Hall–Kier alpha value is -1.49. The van der Waals surface area contributed by atoms with Crippen LogP contribution in [0.25, 0.3) is 0 Å². The summed E-state index contributed by atoms with van der Waals surface area (Å²) in [4.78, 5) is 18.6. The minimum absolute atomic E-state index is 0.565. The van der Waals surface area contributed by atoms with Crippen LogP contribution in [0.2, 0.25) is 0 Å². The molecule has 0 spiro atoms. The molecule has 2 rings (SSSR count). The van der Waals surface area contributed by atoms with E-state index in [0.717, 1.165) is 0 Å². The van der Waals surface area contributed by atoms with E-state index in [1.165, 1.54) is 18.6 Å². The van der Waals surface area contributed by atoms with Gasteiger partial charge in [0.1, 0.15) is 0 Å². The molecule has 1 fully saturated rings. The number of hydrogen-bond donors (Lipinski definition) is 2. The fraction of sp³-hybridized carbons (Fsp3) is 0.444. The van der Waals surface area contributed by atoms with Gasteiger partial charge in [-0.3, -0.25) is 9.97 Å². The Balaban J connectivity index is 2.30. The lowest BCUT2D eigenvalue weighted by Crippen LogP contribution is -2.34. The number of aliphatic hydroxyl groups excluding tert-OH is 1. The lowest BCUT2D eigenvalue weighted by molar-refractivity contribution is -0.148. The number of aliphatic carboxylic acids is 1. The highest BCUT2D eigenvalue weighted by molar-refractivity contribution is 5.75. The van der Waals surface area contributed by atoms with E-state index in [2.05, 4.69) is 9.97 Å². The number of nitrogens with zero attached hydrogens (tertiary/aromatic N) is 2. The average Bonchev–Trinajstić information content (AvgIpc) is 2.99. The monoisotopic (exact) mass is 194 g/mol. The van der Waals surface area contributed by atoms with Crippen LogP contribution >= 0.6 is 0 Å². The fourth-order valence-corrected chi connectivity index (χ4v) is 1.60. The molecule has 1 saturated carbocycles. The molecular formula is C9H10N2O3. The number of carbonyl (C=O) groups is 1. The second-order valence-corrected chi connectivity index (χ2v) is 3.49.